The molecule has 0 bridgehead atoms. The van der Waals surface area contributed by atoms with Gasteiger partial charge in [0, 0.05) is 17.2 Å². The summed E-state index contributed by atoms with van der Waals surface area (Å²) in [7, 11) is 0. The van der Waals surface area contributed by atoms with Crippen LogP contribution in [0.4, 0.5) is 0 Å². The highest BCUT2D eigenvalue weighted by Crippen LogP contribution is 2.23. The van der Waals surface area contributed by atoms with E-state index in [1.807, 2.05) is 12.1 Å². The maximum absolute atomic E-state index is 11.8. The number of nitrogens with zero attached hydrogens (tertiary/aromatic N) is 1. The third kappa shape index (κ3) is 5.53. The molecule has 0 aromatic carbocycles. The highest BCUT2D eigenvalue weighted by molar-refractivity contribution is 9.10. The number of aromatic nitrogens is 1. The molecular weight excluding hydrogens is 324 g/mol. The topological polar surface area (TPSA) is 42.0 Å². The van der Waals surface area contributed by atoms with E-state index in [0.717, 1.165) is 16.0 Å². The van der Waals surface area contributed by atoms with Crippen LogP contribution in [0.1, 0.15) is 32.1 Å². The van der Waals surface area contributed by atoms with Crippen molar-refractivity contribution in [1.82, 2.24) is 10.3 Å². The van der Waals surface area contributed by atoms with Crippen LogP contribution < -0.4 is 5.32 Å². The monoisotopic (exact) mass is 342 g/mol. The molecule has 3 nitrogen and oxygen atoms in total. The van der Waals surface area contributed by atoms with E-state index < -0.39 is 0 Å². The van der Waals surface area contributed by atoms with E-state index in [-0.39, 0.29) is 5.91 Å². The fourth-order valence-corrected chi connectivity index (χ4v) is 3.19. The average Bonchev–Trinajstić information content (AvgIpc) is 2.45. The molecule has 1 N–H and O–H groups in total. The lowest BCUT2D eigenvalue weighted by atomic mass is 9.89. The molecule has 5 heteroatoms. The van der Waals surface area contributed by atoms with Gasteiger partial charge in [-0.2, -0.15) is 0 Å². The molecule has 2 rings (SSSR count). The molecule has 1 heterocycles. The molecule has 1 amide bonds. The van der Waals surface area contributed by atoms with Crippen LogP contribution >= 0.6 is 27.7 Å². The summed E-state index contributed by atoms with van der Waals surface area (Å²) >= 11 is 4.82. The van der Waals surface area contributed by atoms with E-state index in [4.69, 9.17) is 0 Å². The van der Waals surface area contributed by atoms with Crippen LogP contribution in [0.2, 0.25) is 0 Å². The van der Waals surface area contributed by atoms with Crippen molar-refractivity contribution in [2.75, 3.05) is 12.3 Å². The molecule has 0 saturated heterocycles. The van der Waals surface area contributed by atoms with Crippen molar-refractivity contribution in [3.8, 4) is 0 Å². The summed E-state index contributed by atoms with van der Waals surface area (Å²) < 4.78 is 0.957. The van der Waals surface area contributed by atoms with Crippen LogP contribution in [0.5, 0.6) is 0 Å². The minimum Gasteiger partial charge on any atom is -0.355 e. The quantitative estimate of drug-likeness (QED) is 0.830. The van der Waals surface area contributed by atoms with Gasteiger partial charge >= 0.3 is 0 Å². The first-order valence-corrected chi connectivity index (χ1v) is 8.53. The first-order chi connectivity index (χ1) is 9.24. The molecular formula is C14H19BrN2OS. The number of amides is 1. The number of pyridine rings is 1. The summed E-state index contributed by atoms with van der Waals surface area (Å²) in [6.07, 6.45) is 8.28. The molecule has 1 aliphatic rings. The molecule has 0 spiro atoms. The second kappa shape index (κ2) is 7.90. The maximum Gasteiger partial charge on any atom is 0.230 e. The van der Waals surface area contributed by atoms with Gasteiger partial charge in [-0.15, -0.1) is 0 Å². The molecule has 1 aliphatic carbocycles. The predicted octanol–water partition coefficient (Wildman–Crippen LogP) is 3.63. The van der Waals surface area contributed by atoms with E-state index in [1.54, 1.807) is 6.20 Å². The Bertz CT molecular complexity index is 404. The number of thioether (sulfide) groups is 1. The Hall–Kier alpha value is -0.550. The van der Waals surface area contributed by atoms with E-state index in [2.05, 4.69) is 26.2 Å². The summed E-state index contributed by atoms with van der Waals surface area (Å²) in [5, 5.41) is 3.92. The molecule has 19 heavy (non-hydrogen) atoms. The van der Waals surface area contributed by atoms with Crippen LogP contribution in [-0.2, 0) is 4.79 Å². The molecule has 104 valence electrons. The van der Waals surface area contributed by atoms with Crippen LogP contribution in [0, 0.1) is 5.92 Å². The first-order valence-electron chi connectivity index (χ1n) is 6.75. The zero-order chi connectivity index (χ0) is 13.5. The van der Waals surface area contributed by atoms with Crippen molar-refractivity contribution < 1.29 is 4.79 Å². The zero-order valence-corrected chi connectivity index (χ0v) is 13.3. The van der Waals surface area contributed by atoms with Crippen LogP contribution in [0.15, 0.2) is 27.8 Å². The number of hydrogen-bond acceptors (Lipinski definition) is 3. The Labute approximate surface area is 127 Å². The van der Waals surface area contributed by atoms with Crippen molar-refractivity contribution in [1.29, 1.82) is 0 Å². The largest absolute Gasteiger partial charge is 0.355 e. The van der Waals surface area contributed by atoms with Gasteiger partial charge in [0.25, 0.3) is 0 Å². The fraction of sp³-hybridized carbons (Fsp3) is 0.571. The standard InChI is InChI=1S/C14H19BrN2OS/c15-12-6-7-14(17-9-12)19-10-13(18)16-8-11-4-2-1-3-5-11/h6-7,9,11H,1-5,8,10H2,(H,16,18). The lowest BCUT2D eigenvalue weighted by Gasteiger charge is -2.21. The third-order valence-electron chi connectivity index (χ3n) is 3.36. The number of hydrogen-bond donors (Lipinski definition) is 1. The van der Waals surface area contributed by atoms with E-state index in [0.29, 0.717) is 11.7 Å². The molecule has 1 aromatic heterocycles. The second-order valence-corrected chi connectivity index (χ2v) is 6.82. The minimum atomic E-state index is 0.111. The van der Waals surface area contributed by atoms with Gasteiger partial charge in [0.2, 0.25) is 5.91 Å². The van der Waals surface area contributed by atoms with Gasteiger partial charge in [-0.3, -0.25) is 4.79 Å². The van der Waals surface area contributed by atoms with Crippen LogP contribution in [0.3, 0.4) is 0 Å². The first kappa shape index (κ1) is 14.9. The molecule has 0 radical (unpaired) electrons. The Kier molecular flexibility index (Phi) is 6.17. The Morgan fingerprint density at radius 1 is 1.37 bits per heavy atom. The highest BCUT2D eigenvalue weighted by Gasteiger charge is 2.14. The molecule has 0 atom stereocenters. The minimum absolute atomic E-state index is 0.111. The van der Waals surface area contributed by atoms with Gasteiger partial charge in [-0.05, 0) is 46.8 Å². The number of rotatable bonds is 5. The molecule has 0 aliphatic heterocycles. The van der Waals surface area contributed by atoms with Crippen molar-refractivity contribution in [2.45, 2.75) is 37.1 Å². The molecule has 1 aromatic rings. The molecule has 0 unspecified atom stereocenters. The van der Waals surface area contributed by atoms with Crippen molar-refractivity contribution in [3.05, 3.63) is 22.8 Å². The van der Waals surface area contributed by atoms with Gasteiger partial charge in [-0.25, -0.2) is 4.98 Å². The second-order valence-electron chi connectivity index (χ2n) is 4.91. The Morgan fingerprint density at radius 2 is 2.16 bits per heavy atom. The summed E-state index contributed by atoms with van der Waals surface area (Å²) in [5.41, 5.74) is 0. The Balaban J connectivity index is 1.65. The SMILES string of the molecule is O=C(CSc1ccc(Br)cn1)NCC1CCCCC1. The lowest BCUT2D eigenvalue weighted by Crippen LogP contribution is -2.31. The maximum atomic E-state index is 11.8. The third-order valence-corrected chi connectivity index (χ3v) is 4.78. The molecule has 1 fully saturated rings. The fourth-order valence-electron chi connectivity index (χ4n) is 2.29. The van der Waals surface area contributed by atoms with Crippen LogP contribution in [-0.4, -0.2) is 23.2 Å². The van der Waals surface area contributed by atoms with Gasteiger partial charge in [0.05, 0.1) is 10.8 Å². The highest BCUT2D eigenvalue weighted by atomic mass is 79.9. The van der Waals surface area contributed by atoms with Gasteiger partial charge in [0.15, 0.2) is 0 Å². The number of carbonyl (C=O) groups is 1. The Morgan fingerprint density at radius 3 is 2.84 bits per heavy atom. The van der Waals surface area contributed by atoms with Crippen molar-refractivity contribution in [2.24, 2.45) is 5.92 Å². The number of carbonyl (C=O) groups excluding carboxylic acids is 1. The lowest BCUT2D eigenvalue weighted by molar-refractivity contribution is -0.118. The number of nitrogens with one attached hydrogen (secondary N) is 1. The van der Waals surface area contributed by atoms with E-state index in [9.17, 15) is 4.79 Å². The van der Waals surface area contributed by atoms with Gasteiger partial charge in [0.1, 0.15) is 0 Å². The van der Waals surface area contributed by atoms with E-state index in [1.165, 1.54) is 43.9 Å². The summed E-state index contributed by atoms with van der Waals surface area (Å²) in [6, 6.07) is 3.86. The smallest absolute Gasteiger partial charge is 0.230 e. The zero-order valence-electron chi connectivity index (χ0n) is 10.9. The van der Waals surface area contributed by atoms with Gasteiger partial charge < -0.3 is 5.32 Å². The summed E-state index contributed by atoms with van der Waals surface area (Å²) in [6.45, 7) is 0.840. The summed E-state index contributed by atoms with van der Waals surface area (Å²) in [5.74, 6) is 1.25. The normalized spacial score (nSPS) is 16.3. The van der Waals surface area contributed by atoms with Crippen molar-refractivity contribution in [3.63, 3.8) is 0 Å². The average molecular weight is 343 g/mol. The van der Waals surface area contributed by atoms with Gasteiger partial charge in [-0.1, -0.05) is 31.0 Å². The number of halogens is 1. The molecule has 1 saturated carbocycles. The van der Waals surface area contributed by atoms with Crippen LogP contribution in [0.25, 0.3) is 0 Å². The van der Waals surface area contributed by atoms with E-state index >= 15 is 0 Å². The summed E-state index contributed by atoms with van der Waals surface area (Å²) in [4.78, 5) is 16.0. The predicted molar refractivity (Wildman–Crippen MR) is 82.2 cm³/mol. The van der Waals surface area contributed by atoms with Crippen molar-refractivity contribution >= 4 is 33.6 Å².